The fraction of sp³-hybridized carbons (Fsp3) is 0.292. The summed E-state index contributed by atoms with van der Waals surface area (Å²) >= 11 is 0. The number of alkyl halides is 2. The monoisotopic (exact) mass is 478 g/mol. The smallest absolute Gasteiger partial charge is 0.251 e. The number of nitrogens with zero attached hydrogens (tertiary/aromatic N) is 7. The number of hydrogen-bond donors (Lipinski definition) is 1. The third kappa shape index (κ3) is 5.86. The molecule has 0 bridgehead atoms. The molecular weight excluding hydrogens is 454 g/mol. The molecular formula is C24H24F2N8O. The summed E-state index contributed by atoms with van der Waals surface area (Å²) in [6.07, 6.45) is 1.84. The molecule has 0 spiro atoms. The topological polar surface area (TPSA) is 111 Å². The fourth-order valence-corrected chi connectivity index (χ4v) is 3.43. The van der Waals surface area contributed by atoms with Crippen LogP contribution in [-0.2, 0) is 13.0 Å². The Morgan fingerprint density at radius 2 is 1.89 bits per heavy atom. The first-order valence-corrected chi connectivity index (χ1v) is 11.0. The molecule has 0 radical (unpaired) electrons. The van der Waals surface area contributed by atoms with Crippen LogP contribution in [0.3, 0.4) is 0 Å². The van der Waals surface area contributed by atoms with Gasteiger partial charge in [-0.1, -0.05) is 19.9 Å². The molecule has 0 aliphatic heterocycles. The number of pyridine rings is 1. The maximum absolute atomic E-state index is 13.1. The van der Waals surface area contributed by atoms with E-state index in [1.165, 1.54) is 6.20 Å². The molecule has 4 rings (SSSR count). The van der Waals surface area contributed by atoms with E-state index in [9.17, 15) is 13.6 Å². The second-order valence-corrected chi connectivity index (χ2v) is 8.35. The molecule has 9 nitrogen and oxygen atoms in total. The number of rotatable bonds is 8. The lowest BCUT2D eigenvalue weighted by atomic mass is 10.0. The van der Waals surface area contributed by atoms with E-state index in [2.05, 4.69) is 35.8 Å². The first-order chi connectivity index (χ1) is 16.8. The van der Waals surface area contributed by atoms with Crippen LogP contribution in [0, 0.1) is 6.92 Å². The minimum absolute atomic E-state index is 0.0396. The highest BCUT2D eigenvalue weighted by molar-refractivity contribution is 5.96. The average molecular weight is 479 g/mol. The number of hydrogen-bond acceptors (Lipinski definition) is 7. The third-order valence-electron chi connectivity index (χ3n) is 5.21. The van der Waals surface area contributed by atoms with Crippen LogP contribution in [0.4, 0.5) is 8.78 Å². The first-order valence-electron chi connectivity index (χ1n) is 11.0. The number of carbonyl (C=O) groups excluding carboxylic acids is 1. The van der Waals surface area contributed by atoms with Gasteiger partial charge < -0.3 is 5.32 Å². The Hall–Kier alpha value is -4.15. The number of tetrazole rings is 1. The van der Waals surface area contributed by atoms with Crippen molar-refractivity contribution in [2.45, 2.75) is 46.1 Å². The van der Waals surface area contributed by atoms with Crippen LogP contribution >= 0.6 is 0 Å². The van der Waals surface area contributed by atoms with Gasteiger partial charge in [-0.15, -0.1) is 5.10 Å². The van der Waals surface area contributed by atoms with Crippen molar-refractivity contribution < 1.29 is 13.6 Å². The Bertz CT molecular complexity index is 1300. The number of nitrogens with one attached hydrogen (secondary N) is 1. The molecule has 1 amide bonds. The Morgan fingerprint density at radius 3 is 2.54 bits per heavy atom. The van der Waals surface area contributed by atoms with Crippen molar-refractivity contribution in [3.63, 3.8) is 0 Å². The lowest BCUT2D eigenvalue weighted by Gasteiger charge is -2.12. The molecule has 1 aromatic carbocycles. The summed E-state index contributed by atoms with van der Waals surface area (Å²) in [4.78, 5) is 25.8. The van der Waals surface area contributed by atoms with Gasteiger partial charge in [-0.05, 0) is 47.2 Å². The Kier molecular flexibility index (Phi) is 7.14. The summed E-state index contributed by atoms with van der Waals surface area (Å²) in [5, 5.41) is 14.8. The highest BCUT2D eigenvalue weighted by atomic mass is 19.3. The van der Waals surface area contributed by atoms with E-state index in [1.54, 1.807) is 47.4 Å². The third-order valence-corrected chi connectivity index (χ3v) is 5.21. The lowest BCUT2D eigenvalue weighted by molar-refractivity contribution is 0.0950. The maximum Gasteiger partial charge on any atom is 0.251 e. The van der Waals surface area contributed by atoms with E-state index in [-0.39, 0.29) is 24.8 Å². The first kappa shape index (κ1) is 24.0. The highest BCUT2D eigenvalue weighted by Crippen LogP contribution is 2.25. The second-order valence-electron chi connectivity index (χ2n) is 8.35. The summed E-state index contributed by atoms with van der Waals surface area (Å²) < 4.78 is 27.0. The van der Waals surface area contributed by atoms with E-state index in [4.69, 9.17) is 0 Å². The molecule has 0 atom stereocenters. The molecule has 11 heteroatoms. The Balaban J connectivity index is 1.69. The number of aryl methyl sites for hydroxylation is 1. The van der Waals surface area contributed by atoms with Crippen LogP contribution in [0.25, 0.3) is 16.9 Å². The lowest BCUT2D eigenvalue weighted by Crippen LogP contribution is -2.23. The number of benzene rings is 1. The van der Waals surface area contributed by atoms with E-state index >= 15 is 0 Å². The van der Waals surface area contributed by atoms with E-state index in [0.717, 1.165) is 5.69 Å². The quantitative estimate of drug-likeness (QED) is 0.411. The van der Waals surface area contributed by atoms with E-state index in [0.29, 0.717) is 39.6 Å². The molecule has 3 heterocycles. The van der Waals surface area contributed by atoms with Crippen LogP contribution < -0.4 is 5.32 Å². The van der Waals surface area contributed by atoms with Crippen molar-refractivity contribution >= 4 is 5.91 Å². The second kappa shape index (κ2) is 10.4. The normalized spacial score (nSPS) is 11.3. The largest absolute Gasteiger partial charge is 0.346 e. The van der Waals surface area contributed by atoms with Gasteiger partial charge in [-0.25, -0.2) is 8.78 Å². The highest BCUT2D eigenvalue weighted by Gasteiger charge is 2.17. The number of amides is 1. The molecule has 0 unspecified atom stereocenters. The van der Waals surface area contributed by atoms with Crippen LogP contribution in [0.2, 0.25) is 0 Å². The van der Waals surface area contributed by atoms with Crippen molar-refractivity contribution in [3.8, 4) is 16.9 Å². The van der Waals surface area contributed by atoms with Crippen molar-refractivity contribution in [3.05, 3.63) is 77.3 Å². The van der Waals surface area contributed by atoms with Crippen LogP contribution in [0.15, 0.2) is 48.9 Å². The summed E-state index contributed by atoms with van der Waals surface area (Å²) in [6.45, 7) is 5.96. The summed E-state index contributed by atoms with van der Waals surface area (Å²) in [5.74, 6) is 0.338. The summed E-state index contributed by atoms with van der Waals surface area (Å²) in [7, 11) is 0. The van der Waals surface area contributed by atoms with E-state index < -0.39 is 6.43 Å². The molecule has 35 heavy (non-hydrogen) atoms. The standard InChI is InChI=1S/C24H24F2N8O/c1-14(2)23-31-32-33-34(23)20-8-17(21-5-4-16(11-29-21)6-22(25)26)7-18(9-20)24(35)30-13-19-12-27-15(3)10-28-19/h4-5,7-12,14,22H,6,13H2,1-3H3,(H,30,35). The number of halogens is 2. The van der Waals surface area contributed by atoms with E-state index in [1.807, 2.05) is 20.8 Å². The zero-order chi connectivity index (χ0) is 24.9. The molecule has 0 aliphatic carbocycles. The Morgan fingerprint density at radius 1 is 1.06 bits per heavy atom. The minimum atomic E-state index is -2.45. The molecule has 0 fully saturated rings. The van der Waals surface area contributed by atoms with Gasteiger partial charge in [0.1, 0.15) is 0 Å². The van der Waals surface area contributed by atoms with Gasteiger partial charge in [0.25, 0.3) is 5.91 Å². The van der Waals surface area contributed by atoms with Gasteiger partial charge in [-0.2, -0.15) is 4.68 Å². The summed E-state index contributed by atoms with van der Waals surface area (Å²) in [6, 6.07) is 8.44. The van der Waals surface area contributed by atoms with Crippen molar-refractivity contribution in [1.29, 1.82) is 0 Å². The van der Waals surface area contributed by atoms with Gasteiger partial charge in [0.2, 0.25) is 6.43 Å². The van der Waals surface area contributed by atoms with Gasteiger partial charge >= 0.3 is 0 Å². The average Bonchev–Trinajstić information content (AvgIpc) is 3.34. The molecule has 3 aromatic heterocycles. The summed E-state index contributed by atoms with van der Waals surface area (Å²) in [5.41, 5.74) is 3.93. The zero-order valence-electron chi connectivity index (χ0n) is 19.5. The van der Waals surface area contributed by atoms with Gasteiger partial charge in [0.15, 0.2) is 5.82 Å². The van der Waals surface area contributed by atoms with Crippen molar-refractivity contribution in [1.82, 2.24) is 40.5 Å². The zero-order valence-corrected chi connectivity index (χ0v) is 19.5. The van der Waals surface area contributed by atoms with Gasteiger partial charge in [0, 0.05) is 35.9 Å². The molecule has 0 saturated carbocycles. The van der Waals surface area contributed by atoms with Crippen molar-refractivity contribution in [2.75, 3.05) is 0 Å². The van der Waals surface area contributed by atoms with Crippen LogP contribution in [0.5, 0.6) is 0 Å². The Labute approximate surface area is 200 Å². The van der Waals surface area contributed by atoms with Gasteiger partial charge in [0.05, 0.1) is 35.5 Å². The van der Waals surface area contributed by atoms with Crippen LogP contribution in [-0.4, -0.2) is 47.5 Å². The molecule has 0 saturated heterocycles. The molecule has 1 N–H and O–H groups in total. The molecule has 4 aromatic rings. The maximum atomic E-state index is 13.1. The fourth-order valence-electron chi connectivity index (χ4n) is 3.43. The van der Waals surface area contributed by atoms with Gasteiger partial charge in [-0.3, -0.25) is 19.7 Å². The number of carbonyl (C=O) groups is 1. The number of aromatic nitrogens is 7. The molecule has 0 aliphatic rings. The minimum Gasteiger partial charge on any atom is -0.346 e. The predicted molar refractivity (Wildman–Crippen MR) is 124 cm³/mol. The van der Waals surface area contributed by atoms with Crippen LogP contribution in [0.1, 0.15) is 52.9 Å². The predicted octanol–water partition coefficient (Wildman–Crippen LogP) is 3.68. The molecule has 180 valence electrons. The van der Waals surface area contributed by atoms with Crippen molar-refractivity contribution in [2.24, 2.45) is 0 Å². The SMILES string of the molecule is Cc1cnc(CNC(=O)c2cc(-c3ccc(CC(F)F)cn3)cc(-n3nnnc3C(C)C)c2)cn1.